The number of benzene rings is 6. The van der Waals surface area contributed by atoms with Crippen LogP contribution in [-0.4, -0.2) is 6.71 Å². The van der Waals surface area contributed by atoms with Crippen LogP contribution in [0.25, 0.3) is 21.2 Å². The third kappa shape index (κ3) is 7.51. The summed E-state index contributed by atoms with van der Waals surface area (Å²) in [6.07, 6.45) is 2.19. The van der Waals surface area contributed by atoms with Crippen LogP contribution in [0.5, 0.6) is 0 Å². The van der Waals surface area contributed by atoms with Crippen LogP contribution in [0.1, 0.15) is 168 Å². The van der Waals surface area contributed by atoms with Crippen molar-refractivity contribution in [3.8, 4) is 11.1 Å². The fourth-order valence-corrected chi connectivity index (χ4v) is 12.3. The van der Waals surface area contributed by atoms with Crippen molar-refractivity contribution in [3.05, 3.63) is 148 Å². The number of hydrogen-bond acceptors (Lipinski definition) is 3. The molecule has 0 amide bonds. The summed E-state index contributed by atoms with van der Waals surface area (Å²) in [4.78, 5) is 4.71. The van der Waals surface area contributed by atoms with Gasteiger partial charge in [-0.1, -0.05) is 165 Å². The molecule has 0 fully saturated rings. The number of aryl methyl sites for hydroxylation is 1. The molecule has 0 N–H and O–H groups in total. The smallest absolute Gasteiger partial charge is 0.264 e. The average molecular weight is 905 g/mol. The highest BCUT2D eigenvalue weighted by Crippen LogP contribution is 2.53. The van der Waals surface area contributed by atoms with Crippen LogP contribution >= 0.6 is 11.3 Å². The van der Waals surface area contributed by atoms with E-state index in [1.54, 1.807) is 0 Å². The minimum Gasteiger partial charge on any atom is -0.311 e. The molecule has 2 aliphatic heterocycles. The summed E-state index contributed by atoms with van der Waals surface area (Å²) in [5.41, 5.74) is 17.4. The number of nitrogens with zero attached hydrogens (tertiary/aromatic N) is 2. The molecule has 0 radical (unpaired) electrons. The van der Waals surface area contributed by atoms with Gasteiger partial charge in [0.15, 0.2) is 0 Å². The minimum absolute atomic E-state index is 0.00766. The first-order valence-corrected chi connectivity index (χ1v) is 25.5. The van der Waals surface area contributed by atoms with E-state index in [0.717, 1.165) is 72.6 Å². The highest BCUT2D eigenvalue weighted by atomic mass is 32.1. The second kappa shape index (κ2) is 15.0. The van der Waals surface area contributed by atoms with Crippen molar-refractivity contribution in [2.75, 3.05) is 9.80 Å². The molecule has 344 valence electrons. The van der Waals surface area contributed by atoms with E-state index in [4.69, 9.17) is 0 Å². The lowest BCUT2D eigenvalue weighted by Crippen LogP contribution is -2.61. The quantitative estimate of drug-likeness (QED) is 0.163. The maximum Gasteiger partial charge on any atom is 0.264 e. The van der Waals surface area contributed by atoms with Crippen molar-refractivity contribution in [2.24, 2.45) is 0 Å². The van der Waals surface area contributed by atoms with Gasteiger partial charge in [-0.3, -0.25) is 0 Å². The summed E-state index contributed by atoms with van der Waals surface area (Å²) >= 11 is 1.82. The molecule has 0 saturated carbocycles. The van der Waals surface area contributed by atoms with Crippen LogP contribution in [0.15, 0.2) is 109 Å². The van der Waals surface area contributed by atoms with Crippen LogP contribution < -0.4 is 25.5 Å². The minimum atomic E-state index is -0.603. The van der Waals surface area contributed by atoms with Crippen molar-refractivity contribution < 1.29 is 5.48 Å². The number of thiophene rings is 1. The first kappa shape index (κ1) is 41.0. The standard InChI is InChI=1S/C63H73BN2S/c1-38-32-52-55-53(33-38)66(50-28-24-42(60(8,9)10)34-45(50)39-18-20-40(21-19-39)58(2,3)4)51-37-48-47(62(14,15)30-31-63(48,16)17)36-49(51)64(55)57-56(46-35-43(61(11,12)13)25-29-54(46)67-57)65(52)44-26-22-41(23-27-44)59(5,6)7/h18-29,32-37H,30-31H2,1-17H3/i22D,23D,26D,27D. The average Bonchev–Trinajstić information content (AvgIpc) is 3.65. The van der Waals surface area contributed by atoms with E-state index in [2.05, 4.69) is 192 Å². The third-order valence-corrected chi connectivity index (χ3v) is 16.6. The SMILES string of the molecule is [2H]c1c([2H])c(C(C)(C)C)c([2H])c([2H])c1N1c2cc(C)cc3c2B(c2cc4c(cc2N3c2ccc(C(C)(C)C)cc2-c2ccc(C(C)(C)C)cc2)C(C)(C)CCC4(C)C)c2sc3ccc(C(C)(C)C)cc3c21. The fourth-order valence-electron chi connectivity index (χ4n) is 11.0. The summed E-state index contributed by atoms with van der Waals surface area (Å²) in [7, 11) is 0. The molecule has 0 unspecified atom stereocenters. The van der Waals surface area contributed by atoms with E-state index in [9.17, 15) is 5.48 Å². The molecule has 3 aliphatic rings. The summed E-state index contributed by atoms with van der Waals surface area (Å²) in [6, 6.07) is 32.9. The Kier molecular flexibility index (Phi) is 9.15. The molecule has 0 saturated heterocycles. The molecule has 6 aromatic carbocycles. The molecule has 7 aromatic rings. The molecule has 4 heteroatoms. The Labute approximate surface area is 413 Å². The van der Waals surface area contributed by atoms with E-state index < -0.39 is 5.41 Å². The molecular formula is C63H73BN2S. The molecule has 2 nitrogen and oxygen atoms in total. The Bertz CT molecular complexity index is 3340. The van der Waals surface area contributed by atoms with Gasteiger partial charge in [-0.05, 0) is 162 Å². The largest absolute Gasteiger partial charge is 0.311 e. The first-order valence-electron chi connectivity index (χ1n) is 26.7. The molecule has 3 heterocycles. The van der Waals surface area contributed by atoms with E-state index >= 15 is 0 Å². The zero-order valence-electron chi connectivity index (χ0n) is 47.4. The van der Waals surface area contributed by atoms with Gasteiger partial charge in [-0.25, -0.2) is 0 Å². The normalized spacial score (nSPS) is 17.3. The van der Waals surface area contributed by atoms with E-state index in [1.165, 1.54) is 39.0 Å². The Morgan fingerprint density at radius 1 is 0.537 bits per heavy atom. The molecule has 1 aromatic heterocycles. The second-order valence-corrected chi connectivity index (χ2v) is 26.7. The Morgan fingerprint density at radius 2 is 1.06 bits per heavy atom. The van der Waals surface area contributed by atoms with Gasteiger partial charge in [0.2, 0.25) is 0 Å². The van der Waals surface area contributed by atoms with Gasteiger partial charge in [0.05, 0.1) is 16.9 Å². The van der Waals surface area contributed by atoms with E-state index in [-0.39, 0.29) is 58.0 Å². The van der Waals surface area contributed by atoms with Gasteiger partial charge in [-0.2, -0.15) is 0 Å². The van der Waals surface area contributed by atoms with Gasteiger partial charge in [-0.15, -0.1) is 11.3 Å². The van der Waals surface area contributed by atoms with Crippen LogP contribution in [0.4, 0.5) is 34.1 Å². The lowest BCUT2D eigenvalue weighted by atomic mass is 9.35. The number of hydrogen-bond donors (Lipinski definition) is 0. The number of fused-ring (bicyclic) bond motifs is 7. The number of rotatable bonds is 3. The van der Waals surface area contributed by atoms with E-state index in [0.29, 0.717) is 11.3 Å². The second-order valence-electron chi connectivity index (χ2n) is 25.6. The highest BCUT2D eigenvalue weighted by molar-refractivity contribution is 7.33. The Balaban J connectivity index is 1.38. The highest BCUT2D eigenvalue weighted by Gasteiger charge is 2.48. The van der Waals surface area contributed by atoms with Gasteiger partial charge in [0, 0.05) is 43.2 Å². The molecule has 0 spiro atoms. The van der Waals surface area contributed by atoms with Crippen molar-refractivity contribution in [2.45, 2.75) is 163 Å². The maximum absolute atomic E-state index is 9.98. The lowest BCUT2D eigenvalue weighted by Gasteiger charge is -2.47. The van der Waals surface area contributed by atoms with Gasteiger partial charge in [0.1, 0.15) is 0 Å². The zero-order chi connectivity index (χ0) is 51.6. The summed E-state index contributed by atoms with van der Waals surface area (Å²) < 4.78 is 41.5. The molecular weight excluding hydrogens is 828 g/mol. The van der Waals surface area contributed by atoms with Crippen LogP contribution in [0.3, 0.4) is 0 Å². The topological polar surface area (TPSA) is 6.48 Å². The zero-order valence-corrected chi connectivity index (χ0v) is 44.2. The summed E-state index contributed by atoms with van der Waals surface area (Å²) in [5.74, 6) is 0. The van der Waals surface area contributed by atoms with Gasteiger partial charge >= 0.3 is 0 Å². The van der Waals surface area contributed by atoms with Crippen LogP contribution in [0, 0.1) is 6.92 Å². The summed E-state index contributed by atoms with van der Waals surface area (Å²) in [6.45, 7) is 38.1. The first-order chi connectivity index (χ1) is 32.8. The molecule has 10 rings (SSSR count). The molecule has 67 heavy (non-hydrogen) atoms. The predicted octanol–water partition coefficient (Wildman–Crippen LogP) is 16.5. The van der Waals surface area contributed by atoms with Crippen molar-refractivity contribution >= 4 is 78.0 Å². The van der Waals surface area contributed by atoms with Gasteiger partial charge in [0.25, 0.3) is 6.71 Å². The maximum atomic E-state index is 9.98. The van der Waals surface area contributed by atoms with Crippen molar-refractivity contribution in [1.29, 1.82) is 0 Å². The lowest BCUT2D eigenvalue weighted by molar-refractivity contribution is 0.332. The molecule has 0 atom stereocenters. The number of anilines is 6. The van der Waals surface area contributed by atoms with Crippen LogP contribution in [0.2, 0.25) is 0 Å². The third-order valence-electron chi connectivity index (χ3n) is 15.4. The van der Waals surface area contributed by atoms with Crippen molar-refractivity contribution in [1.82, 2.24) is 0 Å². The fraction of sp³-hybridized carbons (Fsp3) is 0.397. The monoisotopic (exact) mass is 905 g/mol. The Morgan fingerprint density at radius 3 is 1.64 bits per heavy atom. The summed E-state index contributed by atoms with van der Waals surface area (Å²) in [5, 5.41) is 1.07. The molecule has 0 bridgehead atoms. The van der Waals surface area contributed by atoms with Crippen LogP contribution in [-0.2, 0) is 32.5 Å². The Hall–Kier alpha value is -5.06. The van der Waals surface area contributed by atoms with E-state index in [1.807, 2.05) is 32.1 Å². The van der Waals surface area contributed by atoms with Crippen molar-refractivity contribution in [3.63, 3.8) is 0 Å². The van der Waals surface area contributed by atoms with Gasteiger partial charge < -0.3 is 9.80 Å². The predicted molar refractivity (Wildman–Crippen MR) is 296 cm³/mol. The molecule has 1 aliphatic carbocycles.